The molecule has 0 saturated heterocycles. The Kier molecular flexibility index (Phi) is 6.09. The molecule has 2 rings (SSSR count). The molecule has 22 heavy (non-hydrogen) atoms. The molecule has 2 aromatic carbocycles. The molecule has 2 nitrogen and oxygen atoms in total. The predicted molar refractivity (Wildman–Crippen MR) is 98.7 cm³/mol. The van der Waals surface area contributed by atoms with Crippen LogP contribution in [0.2, 0.25) is 0 Å². The first-order valence-electron chi connectivity index (χ1n) is 7.31. The fourth-order valence-corrected chi connectivity index (χ4v) is 3.44. The quantitative estimate of drug-likeness (QED) is 0.659. The zero-order valence-electron chi connectivity index (χ0n) is 13.0. The van der Waals surface area contributed by atoms with Crippen LogP contribution in [-0.2, 0) is 4.79 Å². The largest absolute Gasteiger partial charge is 0.312 e. The maximum Gasteiger partial charge on any atom is 0.240 e. The number of rotatable bonds is 5. The molecule has 4 heteroatoms. The SMILES string of the molecule is CCN(C(=O)C(C)Sc1ccc(Br)cc1)c1cccc(C)c1. The third-order valence-corrected chi connectivity index (χ3v) is 5.00. The summed E-state index contributed by atoms with van der Waals surface area (Å²) >= 11 is 5.02. The van der Waals surface area contributed by atoms with E-state index < -0.39 is 0 Å². The van der Waals surface area contributed by atoms with Crippen LogP contribution in [0.5, 0.6) is 0 Å². The fraction of sp³-hybridized carbons (Fsp3) is 0.278. The number of halogens is 1. The molecule has 2 aromatic rings. The van der Waals surface area contributed by atoms with E-state index in [0.717, 1.165) is 20.6 Å². The van der Waals surface area contributed by atoms with Gasteiger partial charge in [0.15, 0.2) is 0 Å². The average molecular weight is 378 g/mol. The van der Waals surface area contributed by atoms with E-state index >= 15 is 0 Å². The van der Waals surface area contributed by atoms with E-state index in [0.29, 0.717) is 6.54 Å². The summed E-state index contributed by atoms with van der Waals surface area (Å²) in [6, 6.07) is 16.1. The van der Waals surface area contributed by atoms with E-state index in [1.165, 1.54) is 0 Å². The molecule has 0 fully saturated rings. The van der Waals surface area contributed by atoms with Crippen LogP contribution < -0.4 is 4.90 Å². The summed E-state index contributed by atoms with van der Waals surface area (Å²) in [6.07, 6.45) is 0. The zero-order valence-corrected chi connectivity index (χ0v) is 15.4. The predicted octanol–water partition coefficient (Wildman–Crippen LogP) is 5.29. The molecule has 0 saturated carbocycles. The van der Waals surface area contributed by atoms with Gasteiger partial charge in [-0.2, -0.15) is 0 Å². The van der Waals surface area contributed by atoms with E-state index in [4.69, 9.17) is 0 Å². The molecule has 116 valence electrons. The number of benzene rings is 2. The lowest BCUT2D eigenvalue weighted by atomic mass is 10.2. The number of carbonyl (C=O) groups excluding carboxylic acids is 1. The monoisotopic (exact) mass is 377 g/mol. The van der Waals surface area contributed by atoms with Crippen molar-refractivity contribution in [1.29, 1.82) is 0 Å². The van der Waals surface area contributed by atoms with Crippen molar-refractivity contribution in [2.75, 3.05) is 11.4 Å². The Morgan fingerprint density at radius 1 is 1.23 bits per heavy atom. The average Bonchev–Trinajstić information content (AvgIpc) is 2.50. The molecule has 1 amide bonds. The van der Waals surface area contributed by atoms with Crippen molar-refractivity contribution in [3.8, 4) is 0 Å². The normalized spacial score (nSPS) is 12.0. The third kappa shape index (κ3) is 4.37. The van der Waals surface area contributed by atoms with Crippen molar-refractivity contribution < 1.29 is 4.79 Å². The Morgan fingerprint density at radius 2 is 1.91 bits per heavy atom. The van der Waals surface area contributed by atoms with E-state index in [9.17, 15) is 4.79 Å². The summed E-state index contributed by atoms with van der Waals surface area (Å²) in [6.45, 7) is 6.69. The third-order valence-electron chi connectivity index (χ3n) is 3.37. The minimum Gasteiger partial charge on any atom is -0.312 e. The Labute approximate surface area is 145 Å². The molecule has 0 aliphatic heterocycles. The van der Waals surface area contributed by atoms with Crippen LogP contribution >= 0.6 is 27.7 Å². The van der Waals surface area contributed by atoms with Crippen molar-refractivity contribution in [3.63, 3.8) is 0 Å². The van der Waals surface area contributed by atoms with Crippen LogP contribution in [0.25, 0.3) is 0 Å². The first-order valence-corrected chi connectivity index (χ1v) is 8.98. The lowest BCUT2D eigenvalue weighted by molar-refractivity contribution is -0.117. The zero-order chi connectivity index (χ0) is 16.1. The lowest BCUT2D eigenvalue weighted by Gasteiger charge is -2.24. The summed E-state index contributed by atoms with van der Waals surface area (Å²) in [5, 5.41) is -0.123. The van der Waals surface area contributed by atoms with E-state index in [1.807, 2.05) is 68.1 Å². The molecule has 0 aromatic heterocycles. The first-order chi connectivity index (χ1) is 10.5. The Bertz CT molecular complexity index is 642. The molecule has 1 atom stereocenters. The molecule has 0 aliphatic rings. The Balaban J connectivity index is 2.12. The minimum atomic E-state index is -0.123. The number of anilines is 1. The van der Waals surface area contributed by atoms with Gasteiger partial charge >= 0.3 is 0 Å². The van der Waals surface area contributed by atoms with Gasteiger partial charge in [-0.3, -0.25) is 4.79 Å². The van der Waals surface area contributed by atoms with Crippen molar-refractivity contribution >= 4 is 39.3 Å². The van der Waals surface area contributed by atoms with Crippen LogP contribution in [-0.4, -0.2) is 17.7 Å². The second-order valence-electron chi connectivity index (χ2n) is 5.14. The molecule has 0 N–H and O–H groups in total. The van der Waals surface area contributed by atoms with Crippen LogP contribution in [0, 0.1) is 6.92 Å². The molecule has 0 radical (unpaired) electrons. The van der Waals surface area contributed by atoms with Crippen LogP contribution in [0.4, 0.5) is 5.69 Å². The van der Waals surface area contributed by atoms with Crippen LogP contribution in [0.1, 0.15) is 19.4 Å². The van der Waals surface area contributed by atoms with Gasteiger partial charge in [0, 0.05) is 21.6 Å². The van der Waals surface area contributed by atoms with E-state index in [2.05, 4.69) is 22.0 Å². The van der Waals surface area contributed by atoms with Gasteiger partial charge in [-0.05, 0) is 62.7 Å². The van der Waals surface area contributed by atoms with Crippen molar-refractivity contribution in [2.24, 2.45) is 0 Å². The molecule has 1 unspecified atom stereocenters. The smallest absolute Gasteiger partial charge is 0.240 e. The Hall–Kier alpha value is -1.26. The highest BCUT2D eigenvalue weighted by Crippen LogP contribution is 2.27. The van der Waals surface area contributed by atoms with Gasteiger partial charge in [-0.25, -0.2) is 0 Å². The second kappa shape index (κ2) is 7.84. The van der Waals surface area contributed by atoms with Gasteiger partial charge < -0.3 is 4.90 Å². The summed E-state index contributed by atoms with van der Waals surface area (Å²) in [5.41, 5.74) is 2.13. The number of hydrogen-bond donors (Lipinski definition) is 0. The number of hydrogen-bond acceptors (Lipinski definition) is 2. The number of amides is 1. The summed E-state index contributed by atoms with van der Waals surface area (Å²) < 4.78 is 1.05. The molecule has 0 aliphatic carbocycles. The van der Waals surface area contributed by atoms with Gasteiger partial charge in [0.25, 0.3) is 0 Å². The first kappa shape index (κ1) is 17.1. The van der Waals surface area contributed by atoms with E-state index in [-0.39, 0.29) is 11.2 Å². The minimum absolute atomic E-state index is 0.123. The van der Waals surface area contributed by atoms with Crippen LogP contribution in [0.15, 0.2) is 57.9 Å². The summed E-state index contributed by atoms with van der Waals surface area (Å²) in [4.78, 5) is 15.7. The standard InChI is InChI=1S/C18H20BrNOS/c1-4-20(16-7-5-6-13(2)12-16)18(21)14(3)22-17-10-8-15(19)9-11-17/h5-12,14H,4H2,1-3H3. The summed E-state index contributed by atoms with van der Waals surface area (Å²) in [5.74, 6) is 0.140. The number of thioether (sulfide) groups is 1. The molecule has 0 spiro atoms. The topological polar surface area (TPSA) is 20.3 Å². The van der Waals surface area contributed by atoms with Gasteiger partial charge in [0.1, 0.15) is 0 Å². The van der Waals surface area contributed by atoms with Crippen molar-refractivity contribution in [3.05, 3.63) is 58.6 Å². The highest BCUT2D eigenvalue weighted by Gasteiger charge is 2.21. The number of carbonyl (C=O) groups is 1. The maximum absolute atomic E-state index is 12.8. The van der Waals surface area contributed by atoms with E-state index in [1.54, 1.807) is 11.8 Å². The van der Waals surface area contributed by atoms with Gasteiger partial charge in [0.05, 0.1) is 5.25 Å². The highest BCUT2D eigenvalue weighted by atomic mass is 79.9. The second-order valence-corrected chi connectivity index (χ2v) is 7.47. The van der Waals surface area contributed by atoms with Gasteiger partial charge in [0.2, 0.25) is 5.91 Å². The maximum atomic E-state index is 12.8. The fourth-order valence-electron chi connectivity index (χ4n) is 2.25. The van der Waals surface area contributed by atoms with Gasteiger partial charge in [-0.15, -0.1) is 11.8 Å². The molecule has 0 bridgehead atoms. The summed E-state index contributed by atoms with van der Waals surface area (Å²) in [7, 11) is 0. The Morgan fingerprint density at radius 3 is 2.50 bits per heavy atom. The molecular weight excluding hydrogens is 358 g/mol. The number of nitrogens with zero attached hydrogens (tertiary/aromatic N) is 1. The highest BCUT2D eigenvalue weighted by molar-refractivity contribution is 9.10. The number of aryl methyl sites for hydroxylation is 1. The lowest BCUT2D eigenvalue weighted by Crippen LogP contribution is -2.36. The van der Waals surface area contributed by atoms with Crippen LogP contribution in [0.3, 0.4) is 0 Å². The molecule has 0 heterocycles. The molecular formula is C18H20BrNOS. The van der Waals surface area contributed by atoms with Crippen molar-refractivity contribution in [2.45, 2.75) is 30.9 Å². The van der Waals surface area contributed by atoms with Crippen molar-refractivity contribution in [1.82, 2.24) is 0 Å². The van der Waals surface area contributed by atoms with Gasteiger partial charge in [-0.1, -0.05) is 28.1 Å².